The fourth-order valence-electron chi connectivity index (χ4n) is 3.78. The molecule has 0 aromatic heterocycles. The number of hydrogen-bond donors (Lipinski definition) is 3. The summed E-state index contributed by atoms with van der Waals surface area (Å²) in [5, 5.41) is 7.93. The standard InChI is InChI=1S/C31H35N3O6/c1-21(32-30(38)40-31(2,3)4)27(35)24-17-11-12-18-25(24)33-28(36)26(19-22-13-7-5-8-14-22)34-29(37)39-20-23-15-9-6-10-16-23/h5-18,21,26H,19-20H2,1-4H3,(H,32,38)(H,33,36)(H,34,37)/t21-,26-/m0/s1. The summed E-state index contributed by atoms with van der Waals surface area (Å²) in [6.45, 7) is 6.75. The van der Waals surface area contributed by atoms with Crippen LogP contribution in [0.5, 0.6) is 0 Å². The molecule has 0 heterocycles. The molecule has 3 aromatic carbocycles. The second kappa shape index (κ2) is 13.9. The highest BCUT2D eigenvalue weighted by atomic mass is 16.6. The Balaban J connectivity index is 1.73. The topological polar surface area (TPSA) is 123 Å². The zero-order valence-corrected chi connectivity index (χ0v) is 23.1. The van der Waals surface area contributed by atoms with Crippen LogP contribution in [-0.4, -0.2) is 41.6 Å². The largest absolute Gasteiger partial charge is 0.445 e. The number of ketones is 1. The van der Waals surface area contributed by atoms with E-state index in [1.54, 1.807) is 45.0 Å². The first-order valence-corrected chi connectivity index (χ1v) is 13.0. The van der Waals surface area contributed by atoms with Crippen LogP contribution in [-0.2, 0) is 27.3 Å². The van der Waals surface area contributed by atoms with Crippen LogP contribution in [0.25, 0.3) is 0 Å². The molecule has 0 aliphatic carbocycles. The first-order valence-electron chi connectivity index (χ1n) is 13.0. The lowest BCUT2D eigenvalue weighted by molar-refractivity contribution is -0.118. The molecule has 3 rings (SSSR count). The van der Waals surface area contributed by atoms with Crippen molar-refractivity contribution in [3.8, 4) is 0 Å². The van der Waals surface area contributed by atoms with E-state index < -0.39 is 41.6 Å². The molecule has 3 N–H and O–H groups in total. The second-order valence-electron chi connectivity index (χ2n) is 10.2. The van der Waals surface area contributed by atoms with Gasteiger partial charge in [0, 0.05) is 12.0 Å². The van der Waals surface area contributed by atoms with Crippen LogP contribution in [0.3, 0.4) is 0 Å². The molecule has 3 amide bonds. The van der Waals surface area contributed by atoms with Crippen LogP contribution >= 0.6 is 0 Å². The number of para-hydroxylation sites is 1. The van der Waals surface area contributed by atoms with Crippen molar-refractivity contribution >= 4 is 29.6 Å². The summed E-state index contributed by atoms with van der Waals surface area (Å²) in [6, 6.07) is 23.0. The van der Waals surface area contributed by atoms with E-state index in [1.807, 2.05) is 60.7 Å². The van der Waals surface area contributed by atoms with E-state index >= 15 is 0 Å². The molecule has 0 bridgehead atoms. The highest BCUT2D eigenvalue weighted by Crippen LogP contribution is 2.19. The van der Waals surface area contributed by atoms with Crippen LogP contribution < -0.4 is 16.0 Å². The van der Waals surface area contributed by atoms with Gasteiger partial charge >= 0.3 is 12.2 Å². The number of nitrogens with one attached hydrogen (secondary N) is 3. The second-order valence-corrected chi connectivity index (χ2v) is 10.2. The number of benzene rings is 3. The average molecular weight is 546 g/mol. The summed E-state index contributed by atoms with van der Waals surface area (Å²) in [6.07, 6.45) is -1.28. The van der Waals surface area contributed by atoms with Gasteiger partial charge in [-0.05, 0) is 51.0 Å². The van der Waals surface area contributed by atoms with E-state index in [0.717, 1.165) is 11.1 Å². The van der Waals surface area contributed by atoms with E-state index in [-0.39, 0.29) is 24.3 Å². The highest BCUT2D eigenvalue weighted by molar-refractivity contribution is 6.08. The number of carbonyl (C=O) groups excluding carboxylic acids is 4. The van der Waals surface area contributed by atoms with E-state index in [1.165, 1.54) is 6.92 Å². The van der Waals surface area contributed by atoms with Crippen molar-refractivity contribution in [2.45, 2.75) is 58.4 Å². The maximum atomic E-state index is 13.4. The quantitative estimate of drug-likeness (QED) is 0.299. The molecule has 210 valence electrons. The molecule has 0 saturated carbocycles. The zero-order valence-electron chi connectivity index (χ0n) is 23.1. The lowest BCUT2D eigenvalue weighted by atomic mass is 10.0. The van der Waals surface area contributed by atoms with Crippen molar-refractivity contribution in [1.82, 2.24) is 10.6 Å². The fourth-order valence-corrected chi connectivity index (χ4v) is 3.78. The smallest absolute Gasteiger partial charge is 0.408 e. The molecule has 0 aliphatic rings. The number of anilines is 1. The SMILES string of the molecule is C[C@H](NC(=O)OC(C)(C)C)C(=O)c1ccccc1NC(=O)[C@H](Cc1ccccc1)NC(=O)OCc1ccccc1. The zero-order chi connectivity index (χ0) is 29.1. The highest BCUT2D eigenvalue weighted by Gasteiger charge is 2.26. The van der Waals surface area contributed by atoms with Gasteiger partial charge in [0.15, 0.2) is 5.78 Å². The van der Waals surface area contributed by atoms with E-state index in [0.29, 0.717) is 0 Å². The predicted octanol–water partition coefficient (Wildman–Crippen LogP) is 5.26. The number of alkyl carbamates (subject to hydrolysis) is 2. The molecule has 40 heavy (non-hydrogen) atoms. The number of amides is 3. The molecule has 9 heteroatoms. The molecule has 0 spiro atoms. The average Bonchev–Trinajstić information content (AvgIpc) is 2.91. The molecule has 0 saturated heterocycles. The van der Waals surface area contributed by atoms with Gasteiger partial charge in [0.05, 0.1) is 11.7 Å². The van der Waals surface area contributed by atoms with Gasteiger partial charge in [0.1, 0.15) is 18.2 Å². The molecular weight excluding hydrogens is 510 g/mol. The Hall–Kier alpha value is -4.66. The lowest BCUT2D eigenvalue weighted by Crippen LogP contribution is -2.46. The summed E-state index contributed by atoms with van der Waals surface area (Å²) in [7, 11) is 0. The Morgan fingerprint density at radius 2 is 1.32 bits per heavy atom. The summed E-state index contributed by atoms with van der Waals surface area (Å²) < 4.78 is 10.6. The molecule has 0 unspecified atom stereocenters. The monoisotopic (exact) mass is 545 g/mol. The number of ether oxygens (including phenoxy) is 2. The normalized spacial score (nSPS) is 12.4. The van der Waals surface area contributed by atoms with Gasteiger partial charge in [-0.2, -0.15) is 0 Å². The van der Waals surface area contributed by atoms with E-state index in [2.05, 4.69) is 16.0 Å². The van der Waals surface area contributed by atoms with Crippen molar-refractivity contribution < 1.29 is 28.7 Å². The van der Waals surface area contributed by atoms with Gasteiger partial charge in [-0.25, -0.2) is 9.59 Å². The van der Waals surface area contributed by atoms with E-state index in [9.17, 15) is 19.2 Å². The minimum absolute atomic E-state index is 0.0478. The van der Waals surface area contributed by atoms with Crippen molar-refractivity contribution in [2.24, 2.45) is 0 Å². The number of hydrogen-bond acceptors (Lipinski definition) is 6. The van der Waals surface area contributed by atoms with Crippen molar-refractivity contribution in [3.05, 3.63) is 102 Å². The number of Topliss-reactive ketones (excluding diaryl/α,β-unsaturated/α-hetero) is 1. The molecular formula is C31H35N3O6. The Morgan fingerprint density at radius 3 is 1.95 bits per heavy atom. The lowest BCUT2D eigenvalue weighted by Gasteiger charge is -2.22. The molecule has 2 atom stereocenters. The molecule has 9 nitrogen and oxygen atoms in total. The number of carbonyl (C=O) groups is 4. The third-order valence-corrected chi connectivity index (χ3v) is 5.68. The summed E-state index contributed by atoms with van der Waals surface area (Å²) in [5.41, 5.74) is 1.35. The maximum Gasteiger partial charge on any atom is 0.408 e. The Morgan fingerprint density at radius 1 is 0.750 bits per heavy atom. The third-order valence-electron chi connectivity index (χ3n) is 5.68. The fraction of sp³-hybridized carbons (Fsp3) is 0.290. The predicted molar refractivity (Wildman–Crippen MR) is 152 cm³/mol. The van der Waals surface area contributed by atoms with E-state index in [4.69, 9.17) is 9.47 Å². The maximum absolute atomic E-state index is 13.4. The van der Waals surface area contributed by atoms with Crippen molar-refractivity contribution in [3.63, 3.8) is 0 Å². The van der Waals surface area contributed by atoms with Gasteiger partial charge in [-0.3, -0.25) is 9.59 Å². The Bertz CT molecular complexity index is 1310. The van der Waals surface area contributed by atoms with Gasteiger partial charge < -0.3 is 25.4 Å². The minimum Gasteiger partial charge on any atom is -0.445 e. The molecule has 0 radical (unpaired) electrons. The first-order chi connectivity index (χ1) is 19.0. The Kier molecular flexibility index (Phi) is 10.4. The van der Waals surface area contributed by atoms with Crippen LogP contribution in [0, 0.1) is 0 Å². The molecule has 0 aliphatic heterocycles. The van der Waals surface area contributed by atoms with Crippen LogP contribution in [0.4, 0.5) is 15.3 Å². The summed E-state index contributed by atoms with van der Waals surface area (Å²) in [4.78, 5) is 51.4. The van der Waals surface area contributed by atoms with Crippen LogP contribution in [0.2, 0.25) is 0 Å². The van der Waals surface area contributed by atoms with Crippen molar-refractivity contribution in [2.75, 3.05) is 5.32 Å². The summed E-state index contributed by atoms with van der Waals surface area (Å²) in [5.74, 6) is -0.954. The third kappa shape index (κ3) is 9.58. The Labute approximate surface area is 234 Å². The van der Waals surface area contributed by atoms with Gasteiger partial charge in [-0.1, -0.05) is 72.8 Å². The van der Waals surface area contributed by atoms with Crippen LogP contribution in [0.1, 0.15) is 49.2 Å². The van der Waals surface area contributed by atoms with Crippen LogP contribution in [0.15, 0.2) is 84.9 Å². The van der Waals surface area contributed by atoms with Crippen molar-refractivity contribution in [1.29, 1.82) is 0 Å². The number of rotatable bonds is 10. The summed E-state index contributed by atoms with van der Waals surface area (Å²) >= 11 is 0. The minimum atomic E-state index is -0.994. The molecule has 3 aromatic rings. The van der Waals surface area contributed by atoms with Gasteiger partial charge in [-0.15, -0.1) is 0 Å². The first kappa shape index (κ1) is 29.9. The van der Waals surface area contributed by atoms with Gasteiger partial charge in [0.2, 0.25) is 5.91 Å². The molecule has 0 fully saturated rings. The van der Waals surface area contributed by atoms with Gasteiger partial charge in [0.25, 0.3) is 0 Å².